The van der Waals surface area contributed by atoms with Gasteiger partial charge in [-0.1, -0.05) is 0 Å². The average Bonchev–Trinajstić information content (AvgIpc) is 2.54. The van der Waals surface area contributed by atoms with E-state index in [1.165, 1.54) is 6.20 Å². The molecule has 0 radical (unpaired) electrons. The van der Waals surface area contributed by atoms with E-state index >= 15 is 0 Å². The first-order chi connectivity index (χ1) is 11.8. The van der Waals surface area contributed by atoms with E-state index in [9.17, 15) is 9.59 Å². The largest absolute Gasteiger partial charge is 0.367 e. The lowest BCUT2D eigenvalue weighted by Gasteiger charge is -2.30. The van der Waals surface area contributed by atoms with Crippen LogP contribution in [0.4, 0.5) is 11.8 Å². The number of aromatic nitrogens is 2. The molecule has 138 valence electrons. The molecule has 1 heterocycles. The van der Waals surface area contributed by atoms with Crippen molar-refractivity contribution < 1.29 is 9.59 Å². The zero-order chi connectivity index (χ0) is 18.6. The van der Waals surface area contributed by atoms with Crippen molar-refractivity contribution in [1.82, 2.24) is 14.9 Å². The number of hydrogen-bond donors (Lipinski definition) is 3. The van der Waals surface area contributed by atoms with Gasteiger partial charge < -0.3 is 21.3 Å². The van der Waals surface area contributed by atoms with Gasteiger partial charge in [0.25, 0.3) is 5.91 Å². The van der Waals surface area contributed by atoms with Crippen LogP contribution in [0.1, 0.15) is 49.9 Å². The molecular weight excluding hydrogens is 320 g/mol. The topological polar surface area (TPSA) is 113 Å². The van der Waals surface area contributed by atoms with E-state index in [0.29, 0.717) is 11.8 Å². The van der Waals surface area contributed by atoms with Gasteiger partial charge in [0.2, 0.25) is 11.9 Å². The normalized spacial score (nSPS) is 20.2. The molecule has 1 fully saturated rings. The van der Waals surface area contributed by atoms with E-state index in [4.69, 9.17) is 5.73 Å². The zero-order valence-electron chi connectivity index (χ0n) is 15.4. The molecule has 2 rings (SSSR count). The van der Waals surface area contributed by atoms with Gasteiger partial charge in [-0.15, -0.1) is 0 Å². The molecule has 0 aromatic carbocycles. The maximum Gasteiger partial charge on any atom is 0.254 e. The summed E-state index contributed by atoms with van der Waals surface area (Å²) in [6.07, 6.45) is 4.93. The Morgan fingerprint density at radius 3 is 2.40 bits per heavy atom. The van der Waals surface area contributed by atoms with E-state index in [1.807, 2.05) is 13.8 Å². The highest BCUT2D eigenvalue weighted by atomic mass is 16.2. The highest BCUT2D eigenvalue weighted by Gasteiger charge is 2.27. The first-order valence-electron chi connectivity index (χ1n) is 8.69. The van der Waals surface area contributed by atoms with Crippen LogP contribution >= 0.6 is 0 Å². The van der Waals surface area contributed by atoms with Gasteiger partial charge in [0, 0.05) is 38.3 Å². The summed E-state index contributed by atoms with van der Waals surface area (Å²) in [5.74, 6) is 0.651. The van der Waals surface area contributed by atoms with Gasteiger partial charge in [-0.25, -0.2) is 4.98 Å². The van der Waals surface area contributed by atoms with Crippen LogP contribution in [-0.2, 0) is 4.79 Å². The third kappa shape index (κ3) is 5.04. The zero-order valence-corrected chi connectivity index (χ0v) is 15.4. The quantitative estimate of drug-likeness (QED) is 0.717. The summed E-state index contributed by atoms with van der Waals surface area (Å²) in [5.41, 5.74) is 5.65. The van der Waals surface area contributed by atoms with Crippen LogP contribution in [0.3, 0.4) is 0 Å². The Morgan fingerprint density at radius 2 is 1.88 bits per heavy atom. The van der Waals surface area contributed by atoms with E-state index in [1.54, 1.807) is 19.0 Å². The lowest BCUT2D eigenvalue weighted by Crippen LogP contribution is -2.35. The highest BCUT2D eigenvalue weighted by Crippen LogP contribution is 2.27. The standard InChI is InChI=1S/C17H28N6O2/c1-10(2)20-15-13(14(18)24)9-19-17(22-15)21-12-7-5-11(6-8-12)16(25)23(3)4/h9-12H,5-8H2,1-4H3,(H2,18,24)(H2,19,20,21,22). The number of nitrogens with two attached hydrogens (primary N) is 1. The second kappa shape index (κ2) is 8.13. The SMILES string of the molecule is CC(C)Nc1nc(NC2CCC(C(=O)N(C)C)CC2)ncc1C(N)=O. The molecule has 0 spiro atoms. The number of hydrogen-bond acceptors (Lipinski definition) is 6. The fourth-order valence-corrected chi connectivity index (χ4v) is 3.05. The van der Waals surface area contributed by atoms with Crippen molar-refractivity contribution in [2.24, 2.45) is 11.7 Å². The molecule has 1 aromatic rings. The molecule has 8 heteroatoms. The Labute approximate surface area is 148 Å². The van der Waals surface area contributed by atoms with Crippen LogP contribution < -0.4 is 16.4 Å². The van der Waals surface area contributed by atoms with Gasteiger partial charge in [0.1, 0.15) is 5.82 Å². The molecule has 2 amide bonds. The number of nitrogens with zero attached hydrogens (tertiary/aromatic N) is 3. The lowest BCUT2D eigenvalue weighted by molar-refractivity contribution is -0.133. The molecule has 0 saturated heterocycles. The molecule has 0 unspecified atom stereocenters. The van der Waals surface area contributed by atoms with Gasteiger partial charge in [-0.2, -0.15) is 4.98 Å². The maximum atomic E-state index is 12.0. The number of carbonyl (C=O) groups excluding carboxylic acids is 2. The molecule has 1 aromatic heterocycles. The molecule has 0 aliphatic heterocycles. The van der Waals surface area contributed by atoms with E-state index in [0.717, 1.165) is 25.7 Å². The van der Waals surface area contributed by atoms with Crippen LogP contribution in [-0.4, -0.2) is 52.9 Å². The lowest BCUT2D eigenvalue weighted by atomic mass is 9.85. The average molecular weight is 348 g/mol. The minimum atomic E-state index is -0.558. The highest BCUT2D eigenvalue weighted by molar-refractivity contribution is 5.97. The van der Waals surface area contributed by atoms with Crippen LogP contribution in [0.5, 0.6) is 0 Å². The Bertz CT molecular complexity index is 624. The van der Waals surface area contributed by atoms with Crippen molar-refractivity contribution in [1.29, 1.82) is 0 Å². The second-order valence-electron chi connectivity index (χ2n) is 7.04. The minimum absolute atomic E-state index is 0.101. The van der Waals surface area contributed by atoms with Crippen LogP contribution in [0.25, 0.3) is 0 Å². The first-order valence-corrected chi connectivity index (χ1v) is 8.69. The molecule has 8 nitrogen and oxygen atoms in total. The number of primary amides is 1. The first kappa shape index (κ1) is 19.0. The number of rotatable bonds is 6. The van der Waals surface area contributed by atoms with E-state index < -0.39 is 5.91 Å². The van der Waals surface area contributed by atoms with Crippen molar-refractivity contribution in [3.63, 3.8) is 0 Å². The molecule has 0 bridgehead atoms. The summed E-state index contributed by atoms with van der Waals surface area (Å²) in [6.45, 7) is 3.92. The fraction of sp³-hybridized carbons (Fsp3) is 0.647. The summed E-state index contributed by atoms with van der Waals surface area (Å²) >= 11 is 0. The molecule has 1 aliphatic rings. The van der Waals surface area contributed by atoms with Crippen molar-refractivity contribution in [2.45, 2.75) is 51.6 Å². The van der Waals surface area contributed by atoms with Crippen LogP contribution in [0.15, 0.2) is 6.20 Å². The van der Waals surface area contributed by atoms with Gasteiger partial charge in [0.15, 0.2) is 0 Å². The molecule has 1 saturated carbocycles. The molecule has 4 N–H and O–H groups in total. The van der Waals surface area contributed by atoms with Gasteiger partial charge in [0.05, 0.1) is 5.56 Å². The maximum absolute atomic E-state index is 12.0. The van der Waals surface area contributed by atoms with Crippen LogP contribution in [0, 0.1) is 5.92 Å². The van der Waals surface area contributed by atoms with Gasteiger partial charge in [-0.3, -0.25) is 9.59 Å². The van der Waals surface area contributed by atoms with Gasteiger partial charge in [-0.05, 0) is 39.5 Å². The monoisotopic (exact) mass is 348 g/mol. The number of amides is 2. The Kier molecular flexibility index (Phi) is 6.17. The van der Waals surface area contributed by atoms with Gasteiger partial charge >= 0.3 is 0 Å². The molecular formula is C17H28N6O2. The van der Waals surface area contributed by atoms with Crippen molar-refractivity contribution in [3.8, 4) is 0 Å². The predicted molar refractivity (Wildman–Crippen MR) is 97.4 cm³/mol. The number of nitrogens with one attached hydrogen (secondary N) is 2. The molecule has 1 aliphatic carbocycles. The summed E-state index contributed by atoms with van der Waals surface area (Å²) in [5, 5.41) is 6.43. The van der Waals surface area contributed by atoms with Crippen molar-refractivity contribution >= 4 is 23.6 Å². The number of carbonyl (C=O) groups is 2. The van der Waals surface area contributed by atoms with E-state index in [2.05, 4.69) is 20.6 Å². The molecule has 0 atom stereocenters. The summed E-state index contributed by atoms with van der Waals surface area (Å²) in [4.78, 5) is 33.8. The minimum Gasteiger partial charge on any atom is -0.367 e. The molecule has 25 heavy (non-hydrogen) atoms. The Morgan fingerprint density at radius 1 is 1.24 bits per heavy atom. The Balaban J connectivity index is 2.01. The smallest absolute Gasteiger partial charge is 0.254 e. The third-order valence-electron chi connectivity index (χ3n) is 4.33. The van der Waals surface area contributed by atoms with Crippen molar-refractivity contribution in [2.75, 3.05) is 24.7 Å². The van der Waals surface area contributed by atoms with Crippen LogP contribution in [0.2, 0.25) is 0 Å². The number of anilines is 2. The second-order valence-corrected chi connectivity index (χ2v) is 7.04. The van der Waals surface area contributed by atoms with E-state index in [-0.39, 0.29) is 29.5 Å². The predicted octanol–water partition coefficient (Wildman–Crippen LogP) is 1.45. The fourth-order valence-electron chi connectivity index (χ4n) is 3.05. The summed E-state index contributed by atoms with van der Waals surface area (Å²) in [7, 11) is 3.59. The third-order valence-corrected chi connectivity index (χ3v) is 4.33. The summed E-state index contributed by atoms with van der Waals surface area (Å²) in [6, 6.07) is 0.339. The Hall–Kier alpha value is -2.38. The summed E-state index contributed by atoms with van der Waals surface area (Å²) < 4.78 is 0. The van der Waals surface area contributed by atoms with Crippen molar-refractivity contribution in [3.05, 3.63) is 11.8 Å².